The van der Waals surface area contributed by atoms with E-state index in [1.165, 1.54) is 11.1 Å². The Morgan fingerprint density at radius 3 is 2.71 bits per heavy atom. The summed E-state index contributed by atoms with van der Waals surface area (Å²) >= 11 is 0. The van der Waals surface area contributed by atoms with Crippen molar-refractivity contribution in [3.63, 3.8) is 0 Å². The van der Waals surface area contributed by atoms with Gasteiger partial charge in [-0.3, -0.25) is 0 Å². The Labute approximate surface area is 102 Å². The van der Waals surface area contributed by atoms with Crippen LogP contribution in [0, 0.1) is 0 Å². The fourth-order valence-corrected chi connectivity index (χ4v) is 2.68. The van der Waals surface area contributed by atoms with E-state index in [4.69, 9.17) is 0 Å². The van der Waals surface area contributed by atoms with E-state index in [2.05, 4.69) is 18.3 Å². The minimum atomic E-state index is -0.831. The molecule has 0 spiro atoms. The first-order chi connectivity index (χ1) is 7.93. The molecule has 1 aromatic rings. The first-order valence-electron chi connectivity index (χ1n) is 6.15. The molecule has 0 amide bonds. The normalized spacial score (nSPS) is 24.5. The van der Waals surface area contributed by atoms with Gasteiger partial charge in [-0.25, -0.2) is 0 Å². The predicted octanol–water partition coefficient (Wildman–Crippen LogP) is 1.48. The Morgan fingerprint density at radius 2 is 2.12 bits per heavy atom. The maximum atomic E-state index is 10.2. The highest BCUT2D eigenvalue weighted by atomic mass is 16.3. The van der Waals surface area contributed by atoms with Crippen LogP contribution in [-0.2, 0) is 12.0 Å². The van der Waals surface area contributed by atoms with Crippen molar-refractivity contribution in [2.24, 2.45) is 0 Å². The second-order valence-corrected chi connectivity index (χ2v) is 5.40. The summed E-state index contributed by atoms with van der Waals surface area (Å²) in [5.41, 5.74) is 2.56. The number of aliphatic hydroxyl groups excluding tert-OH is 1. The molecule has 0 radical (unpaired) electrons. The molecule has 1 unspecified atom stereocenters. The highest BCUT2D eigenvalue weighted by molar-refractivity contribution is 5.42. The Balaban J connectivity index is 2.49. The van der Waals surface area contributed by atoms with Crippen molar-refractivity contribution in [2.75, 3.05) is 6.61 Å². The first-order valence-corrected chi connectivity index (χ1v) is 6.15. The Bertz CT molecular complexity index is 409. The van der Waals surface area contributed by atoms with Gasteiger partial charge in [0.25, 0.3) is 0 Å². The Kier molecular flexibility index (Phi) is 3.25. The number of fused-ring (bicyclic) bond motifs is 1. The van der Waals surface area contributed by atoms with Crippen molar-refractivity contribution in [3.05, 3.63) is 34.9 Å². The first kappa shape index (κ1) is 12.6. The fraction of sp³-hybridized carbons (Fsp3) is 0.571. The highest BCUT2D eigenvalue weighted by Gasteiger charge is 2.29. The number of benzene rings is 1. The molecule has 3 N–H and O–H groups in total. The summed E-state index contributed by atoms with van der Waals surface area (Å²) in [5.74, 6) is 0. The molecule has 2 atom stereocenters. The number of hydrogen-bond donors (Lipinski definition) is 3. The number of aliphatic hydroxyl groups is 2. The summed E-state index contributed by atoms with van der Waals surface area (Å²) < 4.78 is 0. The highest BCUT2D eigenvalue weighted by Crippen LogP contribution is 2.33. The van der Waals surface area contributed by atoms with Gasteiger partial charge in [-0.2, -0.15) is 0 Å². The van der Waals surface area contributed by atoms with Crippen LogP contribution in [0.15, 0.2) is 18.2 Å². The van der Waals surface area contributed by atoms with Crippen LogP contribution < -0.4 is 5.32 Å². The van der Waals surface area contributed by atoms with E-state index in [0.29, 0.717) is 0 Å². The van der Waals surface area contributed by atoms with Gasteiger partial charge in [0, 0.05) is 12.1 Å². The van der Waals surface area contributed by atoms with Gasteiger partial charge >= 0.3 is 0 Å². The number of nitrogens with one attached hydrogen (secondary N) is 1. The lowest BCUT2D eigenvalue weighted by molar-refractivity contribution is 0.0767. The van der Waals surface area contributed by atoms with Gasteiger partial charge in [0.05, 0.1) is 12.2 Å². The van der Waals surface area contributed by atoms with Crippen molar-refractivity contribution in [1.29, 1.82) is 0 Å². The van der Waals surface area contributed by atoms with Crippen LogP contribution >= 0.6 is 0 Å². The molecule has 94 valence electrons. The lowest BCUT2D eigenvalue weighted by atomic mass is 9.82. The van der Waals surface area contributed by atoms with E-state index in [1.54, 1.807) is 0 Å². The summed E-state index contributed by atoms with van der Waals surface area (Å²) in [6.07, 6.45) is 0.774. The third-order valence-corrected chi connectivity index (χ3v) is 3.49. The minimum absolute atomic E-state index is 0.0843. The summed E-state index contributed by atoms with van der Waals surface area (Å²) in [5, 5.41) is 22.9. The maximum Gasteiger partial charge on any atom is 0.0843 e. The summed E-state index contributed by atoms with van der Waals surface area (Å²) in [7, 11) is 0. The van der Waals surface area contributed by atoms with E-state index < -0.39 is 5.60 Å². The van der Waals surface area contributed by atoms with E-state index in [1.807, 2.05) is 26.0 Å². The van der Waals surface area contributed by atoms with Gasteiger partial charge in [-0.1, -0.05) is 18.2 Å². The van der Waals surface area contributed by atoms with Crippen molar-refractivity contribution >= 4 is 0 Å². The molecule has 2 rings (SSSR count). The van der Waals surface area contributed by atoms with Crippen LogP contribution in [0.25, 0.3) is 0 Å². The quantitative estimate of drug-likeness (QED) is 0.728. The fourth-order valence-electron chi connectivity index (χ4n) is 2.68. The molecule has 0 bridgehead atoms. The molecule has 0 saturated heterocycles. The van der Waals surface area contributed by atoms with Gasteiger partial charge in [0.1, 0.15) is 0 Å². The average molecular weight is 235 g/mol. The van der Waals surface area contributed by atoms with Crippen LogP contribution in [0.5, 0.6) is 0 Å². The number of rotatable bonds is 2. The molecule has 1 aliphatic heterocycles. The van der Waals surface area contributed by atoms with Crippen molar-refractivity contribution in [1.82, 2.24) is 5.32 Å². The zero-order valence-corrected chi connectivity index (χ0v) is 10.7. The largest absolute Gasteiger partial charge is 0.395 e. The molecular weight excluding hydrogens is 214 g/mol. The van der Waals surface area contributed by atoms with Gasteiger partial charge in [0.15, 0.2) is 0 Å². The molecule has 3 nitrogen and oxygen atoms in total. The number of hydrogen-bond acceptors (Lipinski definition) is 3. The average Bonchev–Trinajstić information content (AvgIpc) is 2.26. The molecule has 0 aromatic heterocycles. The monoisotopic (exact) mass is 235 g/mol. The third kappa shape index (κ3) is 2.37. The second kappa shape index (κ2) is 4.41. The second-order valence-electron chi connectivity index (χ2n) is 5.40. The molecule has 0 saturated carbocycles. The van der Waals surface area contributed by atoms with E-state index in [0.717, 1.165) is 12.0 Å². The maximum absolute atomic E-state index is 10.2. The molecule has 1 aliphatic rings. The SMILES string of the molecule is CC1N[C@@H](CO)Cc2c1cccc2C(C)(C)O. The molecule has 1 aromatic carbocycles. The molecule has 0 fully saturated rings. The van der Waals surface area contributed by atoms with Gasteiger partial charge < -0.3 is 15.5 Å². The Morgan fingerprint density at radius 1 is 1.41 bits per heavy atom. The zero-order valence-electron chi connectivity index (χ0n) is 10.7. The molecule has 0 aliphatic carbocycles. The van der Waals surface area contributed by atoms with Crippen LogP contribution in [-0.4, -0.2) is 22.9 Å². The lowest BCUT2D eigenvalue weighted by Gasteiger charge is -2.34. The Hall–Kier alpha value is -0.900. The van der Waals surface area contributed by atoms with Crippen LogP contribution in [0.1, 0.15) is 43.5 Å². The van der Waals surface area contributed by atoms with Crippen molar-refractivity contribution < 1.29 is 10.2 Å². The molecular formula is C14H21NO2. The summed E-state index contributed by atoms with van der Waals surface area (Å²) in [6, 6.07) is 6.37. The van der Waals surface area contributed by atoms with Crippen molar-refractivity contribution in [3.8, 4) is 0 Å². The van der Waals surface area contributed by atoms with Crippen LogP contribution in [0.3, 0.4) is 0 Å². The van der Waals surface area contributed by atoms with Crippen LogP contribution in [0.4, 0.5) is 0 Å². The van der Waals surface area contributed by atoms with Gasteiger partial charge in [-0.15, -0.1) is 0 Å². The summed E-state index contributed by atoms with van der Waals surface area (Å²) in [6.45, 7) is 5.84. The molecule has 1 heterocycles. The topological polar surface area (TPSA) is 52.5 Å². The lowest BCUT2D eigenvalue weighted by Crippen LogP contribution is -2.41. The third-order valence-electron chi connectivity index (χ3n) is 3.49. The minimum Gasteiger partial charge on any atom is -0.395 e. The van der Waals surface area contributed by atoms with E-state index in [9.17, 15) is 10.2 Å². The smallest absolute Gasteiger partial charge is 0.0843 e. The zero-order chi connectivity index (χ0) is 12.6. The van der Waals surface area contributed by atoms with Crippen molar-refractivity contribution in [2.45, 2.75) is 44.9 Å². The van der Waals surface area contributed by atoms with E-state index in [-0.39, 0.29) is 18.7 Å². The van der Waals surface area contributed by atoms with Gasteiger partial charge in [0.2, 0.25) is 0 Å². The van der Waals surface area contributed by atoms with E-state index >= 15 is 0 Å². The van der Waals surface area contributed by atoms with Gasteiger partial charge in [-0.05, 0) is 43.9 Å². The summed E-state index contributed by atoms with van der Waals surface area (Å²) in [4.78, 5) is 0. The van der Waals surface area contributed by atoms with Crippen LogP contribution in [0.2, 0.25) is 0 Å². The molecule has 3 heteroatoms. The predicted molar refractivity (Wildman–Crippen MR) is 67.8 cm³/mol. The standard InChI is InChI=1S/C14H21NO2/c1-9-11-5-4-6-13(14(2,3)17)12(11)7-10(8-16)15-9/h4-6,9-10,15-17H,7-8H2,1-3H3/t9?,10-/m1/s1. The molecule has 17 heavy (non-hydrogen) atoms.